The molecule has 0 spiro atoms. The third-order valence-corrected chi connectivity index (χ3v) is 0.0861. The Hall–Kier alpha value is 1.16. The largest absolute Gasteiger partial charge is 2.00 e. The van der Waals surface area contributed by atoms with Crippen molar-refractivity contribution in [3.05, 3.63) is 0 Å². The molecule has 0 saturated carbocycles. The standard InChI is InChI=1S/BHO4.Ca/c2-1(3)5-4;/h4H;/q-2;+2. The minimum atomic E-state index is -2.56. The number of hydrogen-bond donors (Lipinski definition) is 1. The third-order valence-electron chi connectivity index (χ3n) is 0.0861. The van der Waals surface area contributed by atoms with E-state index in [1.165, 1.54) is 0 Å². The van der Waals surface area contributed by atoms with Gasteiger partial charge in [-0.25, -0.2) is 0 Å². The molecule has 0 aromatic rings. The van der Waals surface area contributed by atoms with E-state index in [4.69, 9.17) is 15.3 Å². The molecular formula is HBCaO4. The van der Waals surface area contributed by atoms with Crippen molar-refractivity contribution in [2.24, 2.45) is 0 Å². The van der Waals surface area contributed by atoms with Crippen LogP contribution in [0.5, 0.6) is 0 Å². The van der Waals surface area contributed by atoms with Crippen molar-refractivity contribution in [3.8, 4) is 0 Å². The average molecular weight is 116 g/mol. The Bertz CT molecular complexity index is 21.5. The quantitative estimate of drug-likeness (QED) is 0.222. The first-order chi connectivity index (χ1) is 2.27. The van der Waals surface area contributed by atoms with Crippen LogP contribution in [-0.4, -0.2) is 50.3 Å². The van der Waals surface area contributed by atoms with Gasteiger partial charge in [0.25, 0.3) is 0 Å². The van der Waals surface area contributed by atoms with Crippen LogP contribution in [0.2, 0.25) is 0 Å². The normalized spacial score (nSPS) is 6.50. The zero-order valence-corrected chi connectivity index (χ0v) is 5.16. The minimum Gasteiger partial charge on any atom is -0.868 e. The summed E-state index contributed by atoms with van der Waals surface area (Å²) in [7, 11) is -2.56. The molecule has 0 rings (SSSR count). The summed E-state index contributed by atoms with van der Waals surface area (Å²) < 4.78 is 0. The summed E-state index contributed by atoms with van der Waals surface area (Å²) in [5.74, 6) is 0. The van der Waals surface area contributed by atoms with Gasteiger partial charge in [-0.2, -0.15) is 0 Å². The van der Waals surface area contributed by atoms with Gasteiger partial charge in [0, 0.05) is 0 Å². The van der Waals surface area contributed by atoms with E-state index in [0.717, 1.165) is 0 Å². The fraction of sp³-hybridized carbons (Fsp3) is 0. The van der Waals surface area contributed by atoms with E-state index in [0.29, 0.717) is 0 Å². The Morgan fingerprint density at radius 2 is 1.67 bits per heavy atom. The van der Waals surface area contributed by atoms with Crippen molar-refractivity contribution >= 4 is 45.1 Å². The molecule has 0 aromatic heterocycles. The second-order valence-corrected chi connectivity index (χ2v) is 0.394. The second kappa shape index (κ2) is 6.16. The molecule has 0 radical (unpaired) electrons. The van der Waals surface area contributed by atoms with Crippen molar-refractivity contribution in [3.63, 3.8) is 0 Å². The van der Waals surface area contributed by atoms with Crippen molar-refractivity contribution in [2.45, 2.75) is 0 Å². The molecule has 0 saturated heterocycles. The molecule has 30 valence electrons. The SMILES string of the molecule is [Ca+2].[O-]B([O-])OO. The summed E-state index contributed by atoms with van der Waals surface area (Å²) >= 11 is 0. The van der Waals surface area contributed by atoms with E-state index in [2.05, 4.69) is 4.81 Å². The monoisotopic (exact) mass is 116 g/mol. The maximum absolute atomic E-state index is 8.87. The summed E-state index contributed by atoms with van der Waals surface area (Å²) in [4.78, 5) is 2.64. The Labute approximate surface area is 64.8 Å². The van der Waals surface area contributed by atoms with E-state index >= 15 is 0 Å². The third kappa shape index (κ3) is 8.94. The summed E-state index contributed by atoms with van der Waals surface area (Å²) in [5.41, 5.74) is 0. The molecule has 0 aliphatic rings. The van der Waals surface area contributed by atoms with Crippen molar-refractivity contribution < 1.29 is 20.1 Å². The van der Waals surface area contributed by atoms with Crippen molar-refractivity contribution in [1.29, 1.82) is 0 Å². The van der Waals surface area contributed by atoms with Crippen LogP contribution in [0.3, 0.4) is 0 Å². The smallest absolute Gasteiger partial charge is 0.868 e. The zero-order chi connectivity index (χ0) is 4.28. The van der Waals surface area contributed by atoms with Crippen molar-refractivity contribution in [2.75, 3.05) is 0 Å². The maximum Gasteiger partial charge on any atom is 2.00 e. The van der Waals surface area contributed by atoms with Gasteiger partial charge in [0.1, 0.15) is 7.32 Å². The first-order valence-electron chi connectivity index (χ1n) is 0.890. The van der Waals surface area contributed by atoms with Gasteiger partial charge in [-0.3, -0.25) is 5.26 Å². The molecular weight excluding hydrogens is 115 g/mol. The first kappa shape index (κ1) is 10.2. The average Bonchev–Trinajstić information content (AvgIpc) is 1.38. The van der Waals surface area contributed by atoms with Crippen LogP contribution in [0.15, 0.2) is 0 Å². The number of hydrogen-bond acceptors (Lipinski definition) is 4. The molecule has 0 aliphatic heterocycles. The summed E-state index contributed by atoms with van der Waals surface area (Å²) in [6, 6.07) is 0. The summed E-state index contributed by atoms with van der Waals surface area (Å²) in [6.07, 6.45) is 0. The predicted octanol–water partition coefficient (Wildman–Crippen LogP) is -3.20. The van der Waals surface area contributed by atoms with Crippen LogP contribution < -0.4 is 10.0 Å². The Morgan fingerprint density at radius 1 is 1.50 bits per heavy atom. The van der Waals surface area contributed by atoms with E-state index in [1.807, 2.05) is 0 Å². The van der Waals surface area contributed by atoms with Crippen LogP contribution >= 0.6 is 0 Å². The summed E-state index contributed by atoms with van der Waals surface area (Å²) in [5, 5.41) is 24.8. The molecule has 0 bridgehead atoms. The van der Waals surface area contributed by atoms with Gasteiger partial charge >= 0.3 is 37.7 Å². The molecule has 0 fully saturated rings. The van der Waals surface area contributed by atoms with Crippen LogP contribution in [-0.2, 0) is 4.81 Å². The zero-order valence-electron chi connectivity index (χ0n) is 2.96. The van der Waals surface area contributed by atoms with E-state index in [9.17, 15) is 0 Å². The van der Waals surface area contributed by atoms with Gasteiger partial charge in [-0.15, -0.1) is 0 Å². The van der Waals surface area contributed by atoms with E-state index in [1.54, 1.807) is 0 Å². The Morgan fingerprint density at radius 3 is 1.67 bits per heavy atom. The Kier molecular flexibility index (Phi) is 10.5. The van der Waals surface area contributed by atoms with Crippen LogP contribution in [0.1, 0.15) is 0 Å². The second-order valence-electron chi connectivity index (χ2n) is 0.394. The molecule has 0 amide bonds. The van der Waals surface area contributed by atoms with Gasteiger partial charge in [0.05, 0.1) is 0 Å². The molecule has 6 heavy (non-hydrogen) atoms. The van der Waals surface area contributed by atoms with Gasteiger partial charge in [0.15, 0.2) is 0 Å². The molecule has 4 nitrogen and oxygen atoms in total. The molecule has 0 aromatic carbocycles. The van der Waals surface area contributed by atoms with Crippen LogP contribution in [0, 0.1) is 0 Å². The van der Waals surface area contributed by atoms with Crippen molar-refractivity contribution in [1.82, 2.24) is 0 Å². The Balaban J connectivity index is 0. The minimum absolute atomic E-state index is 0. The molecule has 0 heterocycles. The molecule has 0 unspecified atom stereocenters. The van der Waals surface area contributed by atoms with Crippen LogP contribution in [0.25, 0.3) is 0 Å². The maximum atomic E-state index is 8.87. The van der Waals surface area contributed by atoms with E-state index < -0.39 is 7.32 Å². The van der Waals surface area contributed by atoms with Gasteiger partial charge in [0.2, 0.25) is 0 Å². The number of rotatable bonds is 1. The summed E-state index contributed by atoms with van der Waals surface area (Å²) in [6.45, 7) is 0. The van der Waals surface area contributed by atoms with Gasteiger partial charge in [-0.1, -0.05) is 0 Å². The van der Waals surface area contributed by atoms with E-state index in [-0.39, 0.29) is 37.7 Å². The van der Waals surface area contributed by atoms with Crippen LogP contribution in [0.4, 0.5) is 0 Å². The predicted molar refractivity (Wildman–Crippen MR) is 15.2 cm³/mol. The molecule has 0 aliphatic carbocycles. The first-order valence-corrected chi connectivity index (χ1v) is 0.890. The van der Waals surface area contributed by atoms with Gasteiger partial charge < -0.3 is 14.9 Å². The fourth-order valence-corrected chi connectivity index (χ4v) is 0. The molecule has 1 N–H and O–H groups in total. The van der Waals surface area contributed by atoms with Gasteiger partial charge in [-0.05, 0) is 0 Å². The topological polar surface area (TPSA) is 75.6 Å². The molecule has 0 atom stereocenters. The molecule has 6 heteroatoms. The fourth-order valence-electron chi connectivity index (χ4n) is 0.